The summed E-state index contributed by atoms with van der Waals surface area (Å²) >= 11 is 6.13. The van der Waals surface area contributed by atoms with E-state index in [2.05, 4.69) is 15.3 Å². The molecule has 1 amide bonds. The zero-order valence-electron chi connectivity index (χ0n) is 17.5. The molecule has 4 aromatic rings. The maximum atomic E-state index is 12.7. The van der Waals surface area contributed by atoms with Crippen molar-refractivity contribution >= 4 is 23.2 Å². The molecule has 0 radical (unpaired) electrons. The first kappa shape index (κ1) is 21.3. The van der Waals surface area contributed by atoms with Crippen LogP contribution >= 0.6 is 11.6 Å². The topological polar surface area (TPSA) is 73.3 Å². The van der Waals surface area contributed by atoms with Gasteiger partial charge in [-0.3, -0.25) is 4.79 Å². The molecule has 0 saturated heterocycles. The lowest BCUT2D eigenvalue weighted by atomic mass is 10.1. The molecule has 4 rings (SSSR count). The fourth-order valence-electron chi connectivity index (χ4n) is 3.01. The molecule has 7 heteroatoms. The van der Waals surface area contributed by atoms with Gasteiger partial charge in [-0.1, -0.05) is 47.5 Å². The molecule has 0 aliphatic rings. The third kappa shape index (κ3) is 5.04. The highest BCUT2D eigenvalue weighted by molar-refractivity contribution is 6.32. The second-order valence-electron chi connectivity index (χ2n) is 7.02. The molecule has 1 heterocycles. The fourth-order valence-corrected chi connectivity index (χ4v) is 3.27. The summed E-state index contributed by atoms with van der Waals surface area (Å²) < 4.78 is 11.0. The van der Waals surface area contributed by atoms with Crippen LogP contribution in [0.1, 0.15) is 15.9 Å². The first-order valence-corrected chi connectivity index (χ1v) is 10.2. The van der Waals surface area contributed by atoms with Gasteiger partial charge in [0, 0.05) is 29.1 Å². The summed E-state index contributed by atoms with van der Waals surface area (Å²) in [5.41, 5.74) is 3.05. The van der Waals surface area contributed by atoms with Crippen molar-refractivity contribution < 1.29 is 14.3 Å². The van der Waals surface area contributed by atoms with Crippen LogP contribution in [0.2, 0.25) is 5.02 Å². The maximum Gasteiger partial charge on any atom is 0.255 e. The van der Waals surface area contributed by atoms with Crippen molar-refractivity contribution in [1.29, 1.82) is 0 Å². The van der Waals surface area contributed by atoms with Gasteiger partial charge in [0.05, 0.1) is 12.1 Å². The van der Waals surface area contributed by atoms with E-state index in [1.165, 1.54) is 7.11 Å². The smallest absolute Gasteiger partial charge is 0.255 e. The van der Waals surface area contributed by atoms with Crippen molar-refractivity contribution in [2.45, 2.75) is 6.92 Å². The second kappa shape index (κ2) is 9.49. The van der Waals surface area contributed by atoms with Crippen molar-refractivity contribution in [3.05, 3.63) is 95.1 Å². The molecule has 1 aromatic heterocycles. The van der Waals surface area contributed by atoms with E-state index >= 15 is 0 Å². The molecular formula is C25H20ClN3O3. The van der Waals surface area contributed by atoms with Crippen LogP contribution in [0, 0.1) is 6.92 Å². The highest BCUT2D eigenvalue weighted by Gasteiger charge is 2.11. The number of ether oxygens (including phenoxy) is 2. The summed E-state index contributed by atoms with van der Waals surface area (Å²) in [5.74, 6) is 1.68. The van der Waals surface area contributed by atoms with Gasteiger partial charge in [0.15, 0.2) is 5.82 Å². The minimum absolute atomic E-state index is 0.292. The molecule has 0 saturated carbocycles. The number of rotatable bonds is 6. The van der Waals surface area contributed by atoms with Crippen LogP contribution in [0.25, 0.3) is 11.4 Å². The van der Waals surface area contributed by atoms with E-state index in [1.54, 1.807) is 54.7 Å². The number of hydrogen-bond donors (Lipinski definition) is 1. The van der Waals surface area contributed by atoms with Crippen molar-refractivity contribution in [2.24, 2.45) is 0 Å². The highest BCUT2D eigenvalue weighted by atomic mass is 35.5. The van der Waals surface area contributed by atoms with Gasteiger partial charge in [-0.05, 0) is 43.3 Å². The van der Waals surface area contributed by atoms with E-state index in [0.29, 0.717) is 39.5 Å². The maximum absolute atomic E-state index is 12.7. The monoisotopic (exact) mass is 445 g/mol. The third-order valence-corrected chi connectivity index (χ3v) is 4.96. The van der Waals surface area contributed by atoms with Crippen LogP contribution in [0.3, 0.4) is 0 Å². The van der Waals surface area contributed by atoms with E-state index in [1.807, 2.05) is 31.2 Å². The molecule has 6 nitrogen and oxygen atoms in total. The summed E-state index contributed by atoms with van der Waals surface area (Å²) in [6.45, 7) is 2.02. The average Bonchev–Trinajstić information content (AvgIpc) is 2.80. The summed E-state index contributed by atoms with van der Waals surface area (Å²) in [7, 11) is 1.53. The molecule has 1 N–H and O–H groups in total. The average molecular weight is 446 g/mol. The Morgan fingerprint density at radius 2 is 1.81 bits per heavy atom. The van der Waals surface area contributed by atoms with Crippen molar-refractivity contribution in [1.82, 2.24) is 9.97 Å². The number of aromatic nitrogens is 2. The van der Waals surface area contributed by atoms with Crippen LogP contribution in [-0.2, 0) is 0 Å². The molecule has 0 atom stereocenters. The van der Waals surface area contributed by atoms with Gasteiger partial charge in [-0.2, -0.15) is 4.98 Å². The predicted molar refractivity (Wildman–Crippen MR) is 125 cm³/mol. The van der Waals surface area contributed by atoms with Gasteiger partial charge in [-0.15, -0.1) is 0 Å². The Hall–Kier alpha value is -3.90. The Bertz CT molecular complexity index is 1260. The number of anilines is 1. The van der Waals surface area contributed by atoms with Crippen molar-refractivity contribution in [2.75, 3.05) is 12.4 Å². The van der Waals surface area contributed by atoms with Crippen LogP contribution in [0.4, 0.5) is 5.69 Å². The number of carbonyl (C=O) groups excluding carboxylic acids is 1. The first-order valence-electron chi connectivity index (χ1n) is 9.85. The molecule has 3 aromatic carbocycles. The van der Waals surface area contributed by atoms with Gasteiger partial charge in [0.25, 0.3) is 5.91 Å². The Morgan fingerprint density at radius 3 is 2.56 bits per heavy atom. The number of carbonyl (C=O) groups is 1. The molecule has 0 fully saturated rings. The van der Waals surface area contributed by atoms with E-state index in [0.717, 1.165) is 11.1 Å². The van der Waals surface area contributed by atoms with Crippen LogP contribution < -0.4 is 14.8 Å². The van der Waals surface area contributed by atoms with Crippen molar-refractivity contribution in [3.8, 4) is 28.8 Å². The summed E-state index contributed by atoms with van der Waals surface area (Å²) in [6.07, 6.45) is 1.64. The number of aryl methyl sites for hydroxylation is 1. The number of nitrogens with zero attached hydrogens (tertiary/aromatic N) is 2. The molecule has 32 heavy (non-hydrogen) atoms. The van der Waals surface area contributed by atoms with E-state index < -0.39 is 0 Å². The minimum atomic E-state index is -0.292. The van der Waals surface area contributed by atoms with Gasteiger partial charge in [0.2, 0.25) is 5.88 Å². The summed E-state index contributed by atoms with van der Waals surface area (Å²) in [6, 6.07) is 21.5. The van der Waals surface area contributed by atoms with Crippen LogP contribution in [0.5, 0.6) is 17.4 Å². The zero-order valence-corrected chi connectivity index (χ0v) is 18.3. The summed E-state index contributed by atoms with van der Waals surface area (Å²) in [4.78, 5) is 21.5. The Morgan fingerprint density at radius 1 is 1.00 bits per heavy atom. The third-order valence-electron chi connectivity index (χ3n) is 4.67. The second-order valence-corrected chi connectivity index (χ2v) is 7.43. The highest BCUT2D eigenvalue weighted by Crippen LogP contribution is 2.28. The number of benzene rings is 3. The van der Waals surface area contributed by atoms with Crippen LogP contribution in [0.15, 0.2) is 79.0 Å². The predicted octanol–water partition coefficient (Wildman–Crippen LogP) is 6.16. The summed E-state index contributed by atoms with van der Waals surface area (Å²) in [5, 5.41) is 3.23. The lowest BCUT2D eigenvalue weighted by Crippen LogP contribution is -2.11. The van der Waals surface area contributed by atoms with Gasteiger partial charge >= 0.3 is 0 Å². The molecule has 0 bridgehead atoms. The standard InChI is InChI=1S/C25H20ClN3O3/c1-16-6-8-17(9-7-16)24-27-13-12-23(29-24)32-20-5-3-4-18(14-20)25(30)28-19-10-11-22(31-2)21(26)15-19/h3-15H,1-2H3,(H,28,30). The fraction of sp³-hybridized carbons (Fsp3) is 0.0800. The van der Waals surface area contributed by atoms with Gasteiger partial charge in [0.1, 0.15) is 11.5 Å². The van der Waals surface area contributed by atoms with E-state index in [9.17, 15) is 4.79 Å². The van der Waals surface area contributed by atoms with E-state index in [4.69, 9.17) is 21.1 Å². The normalized spacial score (nSPS) is 10.5. The number of nitrogens with one attached hydrogen (secondary N) is 1. The van der Waals surface area contributed by atoms with Crippen LogP contribution in [-0.4, -0.2) is 23.0 Å². The Balaban J connectivity index is 1.49. The number of methoxy groups -OCH3 is 1. The Kier molecular flexibility index (Phi) is 6.33. The molecule has 0 spiro atoms. The lowest BCUT2D eigenvalue weighted by molar-refractivity contribution is 0.102. The molecule has 0 unspecified atom stereocenters. The Labute approximate surface area is 190 Å². The number of amides is 1. The van der Waals surface area contributed by atoms with E-state index in [-0.39, 0.29) is 5.91 Å². The largest absolute Gasteiger partial charge is 0.495 e. The minimum Gasteiger partial charge on any atom is -0.495 e. The zero-order chi connectivity index (χ0) is 22.5. The molecule has 0 aliphatic heterocycles. The van der Waals surface area contributed by atoms with Gasteiger partial charge < -0.3 is 14.8 Å². The molecule has 0 aliphatic carbocycles. The van der Waals surface area contributed by atoms with Gasteiger partial charge in [-0.25, -0.2) is 4.98 Å². The quantitative estimate of drug-likeness (QED) is 0.385. The number of hydrogen-bond acceptors (Lipinski definition) is 5. The van der Waals surface area contributed by atoms with Crippen molar-refractivity contribution in [3.63, 3.8) is 0 Å². The molecule has 160 valence electrons. The molecular weight excluding hydrogens is 426 g/mol. The number of halogens is 1. The lowest BCUT2D eigenvalue weighted by Gasteiger charge is -2.10. The SMILES string of the molecule is COc1ccc(NC(=O)c2cccc(Oc3ccnc(-c4ccc(C)cc4)n3)c2)cc1Cl. The first-order chi connectivity index (χ1) is 15.5.